The van der Waals surface area contributed by atoms with Gasteiger partial charge in [0.2, 0.25) is 0 Å². The second-order valence-electron chi connectivity index (χ2n) is 4.87. The fourth-order valence-electron chi connectivity index (χ4n) is 2.49. The third-order valence-corrected chi connectivity index (χ3v) is 6.69. The summed E-state index contributed by atoms with van der Waals surface area (Å²) in [6, 6.07) is 0. The van der Waals surface area contributed by atoms with Crippen LogP contribution in [0.1, 0.15) is 25.7 Å². The van der Waals surface area contributed by atoms with Crippen LogP contribution in [0.5, 0.6) is 0 Å². The normalized spacial score (nSPS) is 29.2. The Kier molecular flexibility index (Phi) is 5.39. The van der Waals surface area contributed by atoms with E-state index in [9.17, 15) is 9.59 Å². The Morgan fingerprint density at radius 3 is 2.85 bits per heavy atom. The number of amides is 2. The van der Waals surface area contributed by atoms with Gasteiger partial charge in [0.25, 0.3) is 0 Å². The first-order valence-electron chi connectivity index (χ1n) is 6.52. The van der Waals surface area contributed by atoms with Gasteiger partial charge in [0.15, 0.2) is 0 Å². The molecule has 20 heavy (non-hydrogen) atoms. The number of hydrogen-bond donors (Lipinski definition) is 1. The molecule has 2 amide bonds. The van der Waals surface area contributed by atoms with E-state index in [0.717, 1.165) is 37.4 Å². The zero-order valence-corrected chi connectivity index (χ0v) is 15.1. The average molecular weight is 463 g/mol. The van der Waals surface area contributed by atoms with Crippen molar-refractivity contribution in [3.8, 4) is 0 Å². The number of hydrogen-bond acceptors (Lipinski definition) is 4. The van der Waals surface area contributed by atoms with Gasteiger partial charge in [-0.2, -0.15) is 0 Å². The Bertz CT molecular complexity index is 501. The number of carbonyl (C=O) groups excluding carboxylic acids is 2. The Hall–Kier alpha value is -0.672. The van der Waals surface area contributed by atoms with Gasteiger partial charge in [-0.1, -0.05) is 0 Å². The van der Waals surface area contributed by atoms with E-state index in [2.05, 4.69) is 11.9 Å². The van der Waals surface area contributed by atoms with Crippen LogP contribution in [0.3, 0.4) is 0 Å². The first kappa shape index (κ1) is 15.7. The molecule has 0 bridgehead atoms. The van der Waals surface area contributed by atoms with Crippen LogP contribution in [0, 0.1) is 5.92 Å². The molecule has 1 aliphatic carbocycles. The molecule has 4 nitrogen and oxygen atoms in total. The zero-order chi connectivity index (χ0) is 14.7. The van der Waals surface area contributed by atoms with Crippen LogP contribution in [0.25, 0.3) is 0 Å². The third kappa shape index (κ3) is 3.50. The monoisotopic (exact) mass is 463 g/mol. The summed E-state index contributed by atoms with van der Waals surface area (Å²) >= 11 is 2.49. The SMILES string of the molecule is C=C(/C=C1/CCCCC(C2SC(=O)NC2=O)[C]1=[W])OC. The molecule has 0 radical (unpaired) electrons. The topological polar surface area (TPSA) is 55.4 Å². The molecule has 1 aliphatic heterocycles. The van der Waals surface area contributed by atoms with E-state index in [1.54, 1.807) is 7.11 Å². The van der Waals surface area contributed by atoms with Crippen LogP contribution >= 0.6 is 11.8 Å². The number of imide groups is 1. The predicted octanol–water partition coefficient (Wildman–Crippen LogP) is 2.33. The van der Waals surface area contributed by atoms with E-state index in [1.165, 1.54) is 28.8 Å². The van der Waals surface area contributed by atoms with E-state index in [-0.39, 0.29) is 22.3 Å². The molecule has 1 N–H and O–H groups in total. The van der Waals surface area contributed by atoms with Crippen LogP contribution < -0.4 is 5.32 Å². The fraction of sp³-hybridized carbons (Fsp3) is 0.500. The van der Waals surface area contributed by atoms with Gasteiger partial charge in [0.05, 0.1) is 0 Å². The van der Waals surface area contributed by atoms with Crippen LogP contribution in [0.15, 0.2) is 24.0 Å². The Balaban J connectivity index is 2.22. The average Bonchev–Trinajstić information content (AvgIpc) is 2.64. The van der Waals surface area contributed by atoms with Crippen molar-refractivity contribution in [1.82, 2.24) is 5.32 Å². The van der Waals surface area contributed by atoms with Crippen molar-refractivity contribution in [2.24, 2.45) is 5.92 Å². The van der Waals surface area contributed by atoms with Gasteiger partial charge >= 0.3 is 134 Å². The molecule has 0 aromatic heterocycles. The number of ether oxygens (including phenoxy) is 1. The first-order valence-corrected chi connectivity index (χ1v) is 8.86. The maximum atomic E-state index is 11.9. The molecule has 1 heterocycles. The second-order valence-corrected chi connectivity index (χ2v) is 7.57. The van der Waals surface area contributed by atoms with E-state index in [1.807, 2.05) is 6.08 Å². The van der Waals surface area contributed by atoms with Gasteiger partial charge < -0.3 is 0 Å². The molecule has 1 saturated heterocycles. The molecule has 2 unspecified atom stereocenters. The number of allylic oxidation sites excluding steroid dienone is 2. The van der Waals surface area contributed by atoms with Gasteiger partial charge in [-0.25, -0.2) is 0 Å². The molecule has 0 aromatic carbocycles. The number of carbonyl (C=O) groups is 2. The van der Waals surface area contributed by atoms with E-state index < -0.39 is 0 Å². The van der Waals surface area contributed by atoms with Crippen LogP contribution in [-0.4, -0.2) is 27.4 Å². The van der Waals surface area contributed by atoms with E-state index in [4.69, 9.17) is 4.74 Å². The quantitative estimate of drug-likeness (QED) is 0.516. The summed E-state index contributed by atoms with van der Waals surface area (Å²) in [4.78, 5) is 23.3. The van der Waals surface area contributed by atoms with E-state index >= 15 is 0 Å². The van der Waals surface area contributed by atoms with Gasteiger partial charge in [-0.05, 0) is 0 Å². The van der Waals surface area contributed by atoms with Gasteiger partial charge in [0.1, 0.15) is 0 Å². The molecule has 0 spiro atoms. The summed E-state index contributed by atoms with van der Waals surface area (Å²) < 4.78 is 6.39. The number of nitrogens with one attached hydrogen (secondary N) is 1. The molecule has 2 atom stereocenters. The van der Waals surface area contributed by atoms with E-state index in [0.29, 0.717) is 5.76 Å². The predicted molar refractivity (Wildman–Crippen MR) is 76.1 cm³/mol. The molecular formula is C14H17NO3SW. The Morgan fingerprint density at radius 2 is 2.25 bits per heavy atom. The van der Waals surface area contributed by atoms with Crippen molar-refractivity contribution < 1.29 is 33.7 Å². The van der Waals surface area contributed by atoms with Crippen molar-refractivity contribution in [3.63, 3.8) is 0 Å². The summed E-state index contributed by atoms with van der Waals surface area (Å²) in [5.41, 5.74) is 1.22. The molecule has 108 valence electrons. The molecule has 2 fully saturated rings. The Morgan fingerprint density at radius 1 is 1.50 bits per heavy atom. The summed E-state index contributed by atoms with van der Waals surface area (Å²) in [6.07, 6.45) is 6.11. The summed E-state index contributed by atoms with van der Waals surface area (Å²) in [5.74, 6) is 0.648. The summed E-state index contributed by atoms with van der Waals surface area (Å²) in [7, 11) is 1.61. The number of thioether (sulfide) groups is 1. The zero-order valence-electron chi connectivity index (χ0n) is 11.3. The van der Waals surface area contributed by atoms with Crippen LogP contribution in [0.4, 0.5) is 4.79 Å². The minimum atomic E-state index is -0.271. The van der Waals surface area contributed by atoms with Crippen molar-refractivity contribution in [2.45, 2.75) is 30.9 Å². The first-order chi connectivity index (χ1) is 9.52. The van der Waals surface area contributed by atoms with Gasteiger partial charge in [0, 0.05) is 0 Å². The molecule has 2 aliphatic rings. The summed E-state index contributed by atoms with van der Waals surface area (Å²) in [6.45, 7) is 3.84. The van der Waals surface area contributed by atoms with Crippen molar-refractivity contribution in [1.29, 1.82) is 0 Å². The minimum absolute atomic E-state index is 0.143. The van der Waals surface area contributed by atoms with Crippen LogP contribution in [-0.2, 0) is 28.9 Å². The van der Waals surface area contributed by atoms with Crippen LogP contribution in [0.2, 0.25) is 0 Å². The molecule has 6 heteroatoms. The molecule has 1 saturated carbocycles. The fourth-order valence-corrected chi connectivity index (χ4v) is 5.32. The second kappa shape index (κ2) is 6.86. The maximum absolute atomic E-state index is 11.9. The van der Waals surface area contributed by atoms with Gasteiger partial charge in [-0.15, -0.1) is 0 Å². The standard InChI is InChI=1S/C14H17NO3S.W/c1-9(18-2)7-10-5-3-4-6-11(8-10)12-13(16)15-14(17)19-12;/h7,11-12H,1,3-6H2,2H3,(H,15,16,17);/b10-7-;. The third-order valence-electron chi connectivity index (χ3n) is 3.55. The Labute approximate surface area is 133 Å². The van der Waals surface area contributed by atoms with Gasteiger partial charge in [-0.3, -0.25) is 0 Å². The van der Waals surface area contributed by atoms with Crippen molar-refractivity contribution in [3.05, 3.63) is 24.0 Å². The molecule has 2 rings (SSSR count). The van der Waals surface area contributed by atoms with Crippen molar-refractivity contribution in [2.75, 3.05) is 7.11 Å². The molecular weight excluding hydrogens is 446 g/mol. The van der Waals surface area contributed by atoms with Crippen molar-refractivity contribution >= 4 is 26.8 Å². The summed E-state index contributed by atoms with van der Waals surface area (Å²) in [5, 5.41) is 1.90. The number of methoxy groups -OCH3 is 1. The molecule has 0 aromatic rings. The number of rotatable bonds is 3.